The third-order valence-corrected chi connectivity index (χ3v) is 4.08. The lowest BCUT2D eigenvalue weighted by atomic mass is 10.1. The Balaban J connectivity index is 1.87. The zero-order valence-electron chi connectivity index (χ0n) is 13.0. The summed E-state index contributed by atoms with van der Waals surface area (Å²) in [4.78, 5) is 4.43. The monoisotopic (exact) mass is 335 g/mol. The van der Waals surface area contributed by atoms with Gasteiger partial charge < -0.3 is 4.74 Å². The number of hydrogen-bond acceptors (Lipinski definition) is 3. The number of aromatic nitrogens is 3. The highest BCUT2D eigenvalue weighted by Crippen LogP contribution is 2.26. The van der Waals surface area contributed by atoms with Crippen molar-refractivity contribution in [3.8, 4) is 28.3 Å². The Hall–Kier alpha value is -2.85. The van der Waals surface area contributed by atoms with Crippen LogP contribution in [0.2, 0.25) is 5.02 Å². The molecule has 2 aromatic carbocycles. The second-order valence-electron chi connectivity index (χ2n) is 5.37. The van der Waals surface area contributed by atoms with Crippen LogP contribution in [0.15, 0.2) is 66.9 Å². The quantitative estimate of drug-likeness (QED) is 0.543. The molecule has 4 nitrogen and oxygen atoms in total. The zero-order valence-corrected chi connectivity index (χ0v) is 13.7. The summed E-state index contributed by atoms with van der Waals surface area (Å²) >= 11 is 6.11. The van der Waals surface area contributed by atoms with Crippen LogP contribution >= 0.6 is 11.6 Å². The first-order chi connectivity index (χ1) is 11.7. The number of nitrogens with zero attached hydrogens (tertiary/aromatic N) is 3. The predicted octanol–water partition coefficient (Wildman–Crippen LogP) is 4.73. The lowest BCUT2D eigenvalue weighted by Crippen LogP contribution is -1.97. The van der Waals surface area contributed by atoms with Crippen LogP contribution in [-0.2, 0) is 0 Å². The van der Waals surface area contributed by atoms with E-state index < -0.39 is 0 Å². The van der Waals surface area contributed by atoms with E-state index in [2.05, 4.69) is 4.98 Å². The van der Waals surface area contributed by atoms with Crippen molar-refractivity contribution in [1.82, 2.24) is 14.6 Å². The zero-order chi connectivity index (χ0) is 16.5. The fraction of sp³-hybridized carbons (Fsp3) is 0.0526. The van der Waals surface area contributed by atoms with E-state index in [1.54, 1.807) is 7.11 Å². The number of hydrogen-bond donors (Lipinski definition) is 0. The van der Waals surface area contributed by atoms with E-state index in [0.29, 0.717) is 5.02 Å². The van der Waals surface area contributed by atoms with E-state index in [9.17, 15) is 0 Å². The number of methoxy groups -OCH3 is 1. The smallest absolute Gasteiger partial charge is 0.154 e. The van der Waals surface area contributed by atoms with Gasteiger partial charge in [-0.2, -0.15) is 5.10 Å². The predicted molar refractivity (Wildman–Crippen MR) is 95.4 cm³/mol. The van der Waals surface area contributed by atoms with Crippen LogP contribution in [0, 0.1) is 0 Å². The van der Waals surface area contributed by atoms with Crippen molar-refractivity contribution in [2.75, 3.05) is 7.11 Å². The molecule has 2 aromatic heterocycles. The molecule has 24 heavy (non-hydrogen) atoms. The van der Waals surface area contributed by atoms with Crippen molar-refractivity contribution in [3.63, 3.8) is 0 Å². The van der Waals surface area contributed by atoms with Gasteiger partial charge in [0.25, 0.3) is 0 Å². The maximum absolute atomic E-state index is 6.11. The molecule has 0 fully saturated rings. The molecule has 5 heteroatoms. The van der Waals surface area contributed by atoms with Gasteiger partial charge in [-0.25, -0.2) is 9.50 Å². The second kappa shape index (κ2) is 5.98. The summed E-state index contributed by atoms with van der Waals surface area (Å²) in [7, 11) is 1.66. The summed E-state index contributed by atoms with van der Waals surface area (Å²) in [6.07, 6.45) is 1.81. The van der Waals surface area contributed by atoms with E-state index in [1.807, 2.05) is 71.4 Å². The Morgan fingerprint density at radius 2 is 1.79 bits per heavy atom. The van der Waals surface area contributed by atoms with Gasteiger partial charge in [-0.3, -0.25) is 0 Å². The van der Waals surface area contributed by atoms with E-state index in [1.165, 1.54) is 0 Å². The lowest BCUT2D eigenvalue weighted by Gasteiger charge is -2.06. The molecule has 4 aromatic rings. The number of ether oxygens (including phenoxy) is 1. The van der Waals surface area contributed by atoms with Gasteiger partial charge in [0, 0.05) is 16.1 Å². The van der Waals surface area contributed by atoms with Gasteiger partial charge in [0.2, 0.25) is 0 Å². The number of rotatable bonds is 3. The van der Waals surface area contributed by atoms with Gasteiger partial charge in [-0.15, -0.1) is 0 Å². The fourth-order valence-corrected chi connectivity index (χ4v) is 2.84. The average Bonchev–Trinajstić information content (AvgIpc) is 3.05. The Kier molecular flexibility index (Phi) is 3.67. The number of benzene rings is 2. The molecule has 0 radical (unpaired) electrons. The highest BCUT2D eigenvalue weighted by molar-refractivity contribution is 6.30. The van der Waals surface area contributed by atoms with Crippen LogP contribution in [0.3, 0.4) is 0 Å². The first-order valence-corrected chi connectivity index (χ1v) is 7.87. The first kappa shape index (κ1) is 14.7. The molecule has 0 atom stereocenters. The Labute approximate surface area is 144 Å². The topological polar surface area (TPSA) is 39.4 Å². The maximum atomic E-state index is 6.11. The molecule has 4 rings (SSSR count). The molecule has 0 amide bonds. The van der Waals surface area contributed by atoms with Crippen LogP contribution in [0.25, 0.3) is 28.2 Å². The minimum Gasteiger partial charge on any atom is -0.497 e. The summed E-state index contributed by atoms with van der Waals surface area (Å²) in [5, 5.41) is 5.43. The molecule has 0 unspecified atom stereocenters. The van der Waals surface area contributed by atoms with Crippen molar-refractivity contribution in [3.05, 3.63) is 71.9 Å². The molecule has 0 aliphatic heterocycles. The molecule has 0 bridgehead atoms. The molecule has 0 saturated carbocycles. The Morgan fingerprint density at radius 1 is 0.958 bits per heavy atom. The largest absolute Gasteiger partial charge is 0.497 e. The van der Waals surface area contributed by atoms with E-state index >= 15 is 0 Å². The number of fused-ring (bicyclic) bond motifs is 1. The number of halogens is 1. The third kappa shape index (κ3) is 2.61. The molecular formula is C19H14ClN3O. The molecule has 2 heterocycles. The van der Waals surface area contributed by atoms with Gasteiger partial charge in [0.1, 0.15) is 5.75 Å². The standard InChI is InChI=1S/C19H14ClN3O/c1-24-16-7-3-4-13(11-16)17-8-9-19-21-12-18(23(19)22-17)14-5-2-6-15(20)10-14/h2-12H,1H3. The molecule has 0 spiro atoms. The van der Waals surface area contributed by atoms with E-state index in [0.717, 1.165) is 33.9 Å². The maximum Gasteiger partial charge on any atom is 0.154 e. The van der Waals surface area contributed by atoms with Gasteiger partial charge in [0.05, 0.1) is 24.7 Å². The molecule has 0 aliphatic carbocycles. The molecule has 0 saturated heterocycles. The average molecular weight is 336 g/mol. The van der Waals surface area contributed by atoms with Gasteiger partial charge in [0.15, 0.2) is 5.65 Å². The summed E-state index contributed by atoms with van der Waals surface area (Å²) in [6.45, 7) is 0. The fourth-order valence-electron chi connectivity index (χ4n) is 2.65. The molecular weight excluding hydrogens is 322 g/mol. The summed E-state index contributed by atoms with van der Waals surface area (Å²) in [5.74, 6) is 0.801. The van der Waals surface area contributed by atoms with Crippen LogP contribution in [0.1, 0.15) is 0 Å². The van der Waals surface area contributed by atoms with Crippen molar-refractivity contribution in [1.29, 1.82) is 0 Å². The van der Waals surface area contributed by atoms with Crippen molar-refractivity contribution >= 4 is 17.2 Å². The van der Waals surface area contributed by atoms with Gasteiger partial charge in [-0.1, -0.05) is 35.9 Å². The highest BCUT2D eigenvalue weighted by Gasteiger charge is 2.09. The van der Waals surface area contributed by atoms with Gasteiger partial charge in [-0.05, 0) is 36.4 Å². The first-order valence-electron chi connectivity index (χ1n) is 7.50. The highest BCUT2D eigenvalue weighted by atomic mass is 35.5. The van der Waals surface area contributed by atoms with Crippen molar-refractivity contribution in [2.24, 2.45) is 0 Å². The lowest BCUT2D eigenvalue weighted by molar-refractivity contribution is 0.415. The summed E-state index contributed by atoms with van der Waals surface area (Å²) < 4.78 is 7.13. The summed E-state index contributed by atoms with van der Waals surface area (Å²) in [6, 6.07) is 19.4. The van der Waals surface area contributed by atoms with E-state index in [-0.39, 0.29) is 0 Å². The molecule has 0 aliphatic rings. The van der Waals surface area contributed by atoms with Gasteiger partial charge >= 0.3 is 0 Å². The van der Waals surface area contributed by atoms with Crippen LogP contribution in [-0.4, -0.2) is 21.7 Å². The minimum absolute atomic E-state index is 0.686. The third-order valence-electron chi connectivity index (χ3n) is 3.85. The van der Waals surface area contributed by atoms with E-state index in [4.69, 9.17) is 21.4 Å². The Morgan fingerprint density at radius 3 is 2.62 bits per heavy atom. The minimum atomic E-state index is 0.686. The van der Waals surface area contributed by atoms with Crippen LogP contribution < -0.4 is 4.74 Å². The SMILES string of the molecule is COc1cccc(-c2ccc3ncc(-c4cccc(Cl)c4)n3n2)c1. The van der Waals surface area contributed by atoms with Crippen LogP contribution in [0.5, 0.6) is 5.75 Å². The summed E-state index contributed by atoms with van der Waals surface area (Å²) in [5.41, 5.74) is 4.50. The number of imidazole rings is 1. The normalized spacial score (nSPS) is 10.9. The molecule has 0 N–H and O–H groups in total. The Bertz CT molecular complexity index is 1030. The molecule has 118 valence electrons. The van der Waals surface area contributed by atoms with Crippen molar-refractivity contribution in [2.45, 2.75) is 0 Å². The van der Waals surface area contributed by atoms with Crippen molar-refractivity contribution < 1.29 is 4.74 Å². The van der Waals surface area contributed by atoms with Crippen LogP contribution in [0.4, 0.5) is 0 Å². The second-order valence-corrected chi connectivity index (χ2v) is 5.81.